The zero-order valence-electron chi connectivity index (χ0n) is 18.1. The summed E-state index contributed by atoms with van der Waals surface area (Å²) in [5, 5.41) is 5.46. The Hall–Kier alpha value is -3.13. The first kappa shape index (κ1) is 19.8. The number of methoxy groups -OCH3 is 1. The number of likely N-dealkylation sites (N-methyl/N-ethyl adjacent to an activating group) is 1. The van der Waals surface area contributed by atoms with E-state index < -0.39 is 0 Å². The lowest BCUT2D eigenvalue weighted by Gasteiger charge is -2.34. The van der Waals surface area contributed by atoms with Crippen molar-refractivity contribution in [2.24, 2.45) is 0 Å². The van der Waals surface area contributed by atoms with Crippen LogP contribution in [0.4, 0.5) is 0 Å². The fourth-order valence-electron chi connectivity index (χ4n) is 4.58. The number of benzene rings is 1. The zero-order valence-corrected chi connectivity index (χ0v) is 18.1. The van der Waals surface area contributed by atoms with Crippen LogP contribution in [0.1, 0.15) is 46.3 Å². The first-order chi connectivity index (χ1) is 14.9. The Kier molecular flexibility index (Phi) is 4.62. The van der Waals surface area contributed by atoms with E-state index in [9.17, 15) is 9.59 Å². The highest BCUT2D eigenvalue weighted by Crippen LogP contribution is 2.42. The number of aromatic nitrogens is 3. The maximum atomic E-state index is 13.3. The minimum atomic E-state index is -0.220. The molecule has 1 aliphatic carbocycles. The largest absolute Gasteiger partial charge is 0.382 e. The molecule has 2 aromatic heterocycles. The van der Waals surface area contributed by atoms with Gasteiger partial charge in [-0.05, 0) is 31.9 Å². The molecule has 162 valence electrons. The summed E-state index contributed by atoms with van der Waals surface area (Å²) in [6.45, 7) is 3.44. The number of carbonyl (C=O) groups excluding carboxylic acids is 2. The van der Waals surface area contributed by atoms with Gasteiger partial charge in [0.05, 0.1) is 42.7 Å². The molecule has 5 rings (SSSR count). The average Bonchev–Trinajstić information content (AvgIpc) is 3.24. The molecular formula is C23H27N5O3. The summed E-state index contributed by atoms with van der Waals surface area (Å²) in [6, 6.07) is 9.70. The number of hydrogen-bond acceptors (Lipinski definition) is 4. The molecule has 0 saturated heterocycles. The van der Waals surface area contributed by atoms with Gasteiger partial charge in [-0.25, -0.2) is 0 Å². The van der Waals surface area contributed by atoms with Gasteiger partial charge in [-0.15, -0.1) is 0 Å². The number of amides is 2. The van der Waals surface area contributed by atoms with E-state index in [4.69, 9.17) is 4.74 Å². The second kappa shape index (κ2) is 7.23. The molecule has 1 saturated carbocycles. The summed E-state index contributed by atoms with van der Waals surface area (Å²) in [6.07, 6.45) is 3.52. The highest BCUT2D eigenvalue weighted by Gasteiger charge is 2.49. The normalized spacial score (nSPS) is 19.3. The van der Waals surface area contributed by atoms with E-state index in [0.29, 0.717) is 31.0 Å². The first-order valence-corrected chi connectivity index (χ1v) is 10.6. The zero-order chi connectivity index (χ0) is 21.8. The van der Waals surface area contributed by atoms with Crippen molar-refractivity contribution in [2.45, 2.75) is 44.4 Å². The summed E-state index contributed by atoms with van der Waals surface area (Å²) >= 11 is 0. The van der Waals surface area contributed by atoms with E-state index in [0.717, 1.165) is 29.4 Å². The Bertz CT molecular complexity index is 1130. The molecule has 1 fully saturated rings. The fraction of sp³-hybridized carbons (Fsp3) is 0.435. The molecule has 1 aliphatic heterocycles. The molecule has 2 amide bonds. The van der Waals surface area contributed by atoms with Crippen LogP contribution in [0.2, 0.25) is 0 Å². The molecule has 0 radical (unpaired) electrons. The number of nitrogens with zero attached hydrogens (tertiary/aromatic N) is 4. The molecule has 1 N–H and O–H groups in total. The van der Waals surface area contributed by atoms with Crippen molar-refractivity contribution in [3.63, 3.8) is 0 Å². The Labute approximate surface area is 180 Å². The number of aromatic amines is 1. The van der Waals surface area contributed by atoms with Crippen LogP contribution in [-0.2, 0) is 17.8 Å². The third kappa shape index (κ3) is 3.22. The molecule has 0 spiro atoms. The van der Waals surface area contributed by atoms with Gasteiger partial charge >= 0.3 is 0 Å². The van der Waals surface area contributed by atoms with E-state index in [1.54, 1.807) is 18.2 Å². The molecule has 1 unspecified atom stereocenters. The molecule has 2 aliphatic rings. The molecule has 1 atom stereocenters. The van der Waals surface area contributed by atoms with Crippen LogP contribution < -0.4 is 0 Å². The van der Waals surface area contributed by atoms with E-state index in [2.05, 4.69) is 10.1 Å². The molecule has 8 heteroatoms. The summed E-state index contributed by atoms with van der Waals surface area (Å²) in [5.74, 6) is -0.135. The quantitative estimate of drug-likeness (QED) is 0.687. The monoisotopic (exact) mass is 421 g/mol. The van der Waals surface area contributed by atoms with Crippen LogP contribution >= 0.6 is 0 Å². The van der Waals surface area contributed by atoms with Crippen molar-refractivity contribution in [1.29, 1.82) is 0 Å². The molecular weight excluding hydrogens is 394 g/mol. The van der Waals surface area contributed by atoms with Crippen LogP contribution in [-0.4, -0.2) is 68.7 Å². The second-order valence-electron chi connectivity index (χ2n) is 8.76. The van der Waals surface area contributed by atoms with Crippen molar-refractivity contribution in [1.82, 2.24) is 24.6 Å². The lowest BCUT2D eigenvalue weighted by atomic mass is 10.1. The van der Waals surface area contributed by atoms with Gasteiger partial charge in [0, 0.05) is 31.1 Å². The number of nitrogens with one attached hydrogen (secondary N) is 1. The molecule has 3 heterocycles. The minimum absolute atomic E-state index is 0.0322. The SMILES string of the molecule is COCC1(N(C)C(=O)c2cnn3c2CN(C(=O)c2cc4ccccc4[nH]2)C(C)C3)CC1. The Morgan fingerprint density at radius 2 is 2.10 bits per heavy atom. The van der Waals surface area contributed by atoms with Crippen LogP contribution in [0.3, 0.4) is 0 Å². The summed E-state index contributed by atoms with van der Waals surface area (Å²) in [7, 11) is 3.49. The summed E-state index contributed by atoms with van der Waals surface area (Å²) < 4.78 is 7.19. The topological polar surface area (TPSA) is 83.5 Å². The predicted octanol–water partition coefficient (Wildman–Crippen LogP) is 2.66. The number of hydrogen-bond donors (Lipinski definition) is 1. The van der Waals surface area contributed by atoms with Gasteiger partial charge in [-0.2, -0.15) is 5.10 Å². The highest BCUT2D eigenvalue weighted by atomic mass is 16.5. The molecule has 0 bridgehead atoms. The molecule has 3 aromatic rings. The van der Waals surface area contributed by atoms with Crippen molar-refractivity contribution < 1.29 is 14.3 Å². The number of ether oxygens (including phenoxy) is 1. The lowest BCUT2D eigenvalue weighted by molar-refractivity contribution is 0.0532. The van der Waals surface area contributed by atoms with E-state index in [1.165, 1.54) is 0 Å². The Morgan fingerprint density at radius 3 is 2.81 bits per heavy atom. The van der Waals surface area contributed by atoms with Gasteiger partial charge in [0.2, 0.25) is 0 Å². The van der Waals surface area contributed by atoms with E-state index in [1.807, 2.05) is 53.9 Å². The first-order valence-electron chi connectivity index (χ1n) is 10.6. The third-order valence-corrected chi connectivity index (χ3v) is 6.75. The van der Waals surface area contributed by atoms with Gasteiger partial charge in [0.25, 0.3) is 11.8 Å². The van der Waals surface area contributed by atoms with Gasteiger partial charge in [0.1, 0.15) is 5.69 Å². The maximum Gasteiger partial charge on any atom is 0.270 e. The second-order valence-corrected chi connectivity index (χ2v) is 8.76. The van der Waals surface area contributed by atoms with Crippen molar-refractivity contribution in [3.8, 4) is 0 Å². The number of para-hydroxylation sites is 1. The number of H-pyrrole nitrogens is 1. The van der Waals surface area contributed by atoms with Gasteiger partial charge in [0.15, 0.2) is 0 Å². The standard InChI is InChI=1S/C23H27N5O3/c1-15-12-28-20(17(11-24-28)21(29)26(2)23(8-9-23)14-31-3)13-27(15)22(30)19-10-16-6-4-5-7-18(16)25-19/h4-7,10-11,15,25H,8-9,12-14H2,1-3H3. The van der Waals surface area contributed by atoms with Crippen LogP contribution in [0.15, 0.2) is 36.5 Å². The van der Waals surface area contributed by atoms with Crippen LogP contribution in [0.25, 0.3) is 10.9 Å². The minimum Gasteiger partial charge on any atom is -0.382 e. The lowest BCUT2D eigenvalue weighted by Crippen LogP contribution is -2.46. The molecule has 31 heavy (non-hydrogen) atoms. The van der Waals surface area contributed by atoms with Crippen molar-refractivity contribution >= 4 is 22.7 Å². The average molecular weight is 422 g/mol. The van der Waals surface area contributed by atoms with E-state index >= 15 is 0 Å². The highest BCUT2D eigenvalue weighted by molar-refractivity contribution is 5.99. The van der Waals surface area contributed by atoms with E-state index in [-0.39, 0.29) is 23.4 Å². The third-order valence-electron chi connectivity index (χ3n) is 6.75. The van der Waals surface area contributed by atoms with Crippen molar-refractivity contribution in [3.05, 3.63) is 53.5 Å². The number of carbonyl (C=O) groups is 2. The fourth-order valence-corrected chi connectivity index (χ4v) is 4.58. The van der Waals surface area contributed by atoms with Gasteiger partial charge in [-0.1, -0.05) is 18.2 Å². The predicted molar refractivity (Wildman–Crippen MR) is 116 cm³/mol. The van der Waals surface area contributed by atoms with Gasteiger partial charge < -0.3 is 19.5 Å². The maximum absolute atomic E-state index is 13.3. The Morgan fingerprint density at radius 1 is 1.32 bits per heavy atom. The van der Waals surface area contributed by atoms with Crippen LogP contribution in [0.5, 0.6) is 0 Å². The molecule has 1 aromatic carbocycles. The van der Waals surface area contributed by atoms with Crippen LogP contribution in [0, 0.1) is 0 Å². The number of rotatable bonds is 5. The molecule has 8 nitrogen and oxygen atoms in total. The summed E-state index contributed by atoms with van der Waals surface area (Å²) in [4.78, 5) is 33.5. The van der Waals surface area contributed by atoms with Crippen molar-refractivity contribution in [2.75, 3.05) is 20.8 Å². The Balaban J connectivity index is 1.41. The van der Waals surface area contributed by atoms with Gasteiger partial charge in [-0.3, -0.25) is 14.3 Å². The summed E-state index contributed by atoms with van der Waals surface area (Å²) in [5.41, 5.74) is 2.62. The smallest absolute Gasteiger partial charge is 0.270 e. The number of fused-ring (bicyclic) bond motifs is 2.